The van der Waals surface area contributed by atoms with Gasteiger partial charge in [-0.25, -0.2) is 0 Å². The van der Waals surface area contributed by atoms with E-state index in [1.54, 1.807) is 6.07 Å². The zero-order valence-corrected chi connectivity index (χ0v) is 13.1. The number of aryl methyl sites for hydroxylation is 1. The minimum atomic E-state index is -4.75. The number of amides is 1. The van der Waals surface area contributed by atoms with Crippen LogP contribution in [0.25, 0.3) is 0 Å². The minimum Gasteiger partial charge on any atom is -0.406 e. The topological polar surface area (TPSA) is 42.4 Å². The molecule has 0 bridgehead atoms. The molecule has 0 unspecified atom stereocenters. The first-order valence-electron chi connectivity index (χ1n) is 7.15. The molecule has 0 spiro atoms. The molecule has 0 saturated carbocycles. The number of alkyl halides is 3. The summed E-state index contributed by atoms with van der Waals surface area (Å²) in [5.74, 6) is -0.639. The number of fused-ring (bicyclic) bond motifs is 1. The average Bonchev–Trinajstić information content (AvgIpc) is 2.52. The van der Waals surface area contributed by atoms with Gasteiger partial charge in [0.05, 0.1) is 0 Å². The summed E-state index contributed by atoms with van der Waals surface area (Å²) < 4.78 is 40.9. The Hall–Kier alpha value is -2.28. The van der Waals surface area contributed by atoms with Gasteiger partial charge in [0.25, 0.3) is 5.91 Å². The summed E-state index contributed by atoms with van der Waals surface area (Å²) in [5, 5.41) is 0.388. The standard InChI is InChI=1S/C16H12ClF3N2O2/c17-11-5-6-21-13(9-11)15(23)22-7-1-2-10-8-12(3-4-14(10)22)24-16(18,19)20/h3-6,8-9H,1-2,7H2. The number of ether oxygens (including phenoxy) is 1. The number of hydrogen-bond donors (Lipinski definition) is 0. The Morgan fingerprint density at radius 3 is 2.75 bits per heavy atom. The van der Waals surface area contributed by atoms with E-state index >= 15 is 0 Å². The SMILES string of the molecule is O=C(c1cc(Cl)ccn1)N1CCCc2cc(OC(F)(F)F)ccc21. The second kappa shape index (κ2) is 6.32. The molecule has 0 aliphatic carbocycles. The number of nitrogens with zero attached hydrogens (tertiary/aromatic N) is 2. The van der Waals surface area contributed by atoms with Crippen LogP contribution in [-0.4, -0.2) is 23.8 Å². The third-order valence-electron chi connectivity index (χ3n) is 3.59. The number of pyridine rings is 1. The van der Waals surface area contributed by atoms with E-state index in [1.165, 1.54) is 35.4 Å². The molecule has 0 saturated heterocycles. The van der Waals surface area contributed by atoms with Gasteiger partial charge in [-0.2, -0.15) is 0 Å². The van der Waals surface area contributed by atoms with Gasteiger partial charge in [0.1, 0.15) is 11.4 Å². The zero-order chi connectivity index (χ0) is 17.3. The first-order valence-corrected chi connectivity index (χ1v) is 7.53. The highest BCUT2D eigenvalue weighted by molar-refractivity contribution is 6.31. The molecular weight excluding hydrogens is 345 g/mol. The fourth-order valence-corrected chi connectivity index (χ4v) is 2.80. The summed E-state index contributed by atoms with van der Waals surface area (Å²) in [4.78, 5) is 18.1. The molecule has 0 radical (unpaired) electrons. The van der Waals surface area contributed by atoms with E-state index in [1.807, 2.05) is 0 Å². The van der Waals surface area contributed by atoms with E-state index in [0.29, 0.717) is 35.7 Å². The van der Waals surface area contributed by atoms with Gasteiger partial charge in [-0.05, 0) is 48.7 Å². The van der Waals surface area contributed by atoms with Crippen LogP contribution in [0.1, 0.15) is 22.5 Å². The van der Waals surface area contributed by atoms with Crippen LogP contribution in [0.4, 0.5) is 18.9 Å². The van der Waals surface area contributed by atoms with Crippen LogP contribution in [0.5, 0.6) is 5.75 Å². The molecule has 2 aromatic rings. The van der Waals surface area contributed by atoms with Crippen LogP contribution >= 0.6 is 11.6 Å². The van der Waals surface area contributed by atoms with Gasteiger partial charge in [-0.1, -0.05) is 11.6 Å². The molecular formula is C16H12ClF3N2O2. The Morgan fingerprint density at radius 1 is 1.25 bits per heavy atom. The summed E-state index contributed by atoms with van der Waals surface area (Å²) in [5.41, 5.74) is 1.37. The molecule has 4 nitrogen and oxygen atoms in total. The summed E-state index contributed by atoms with van der Waals surface area (Å²) >= 11 is 5.88. The highest BCUT2D eigenvalue weighted by Crippen LogP contribution is 2.33. The lowest BCUT2D eigenvalue weighted by Gasteiger charge is -2.29. The summed E-state index contributed by atoms with van der Waals surface area (Å²) in [7, 11) is 0. The van der Waals surface area contributed by atoms with Crippen LogP contribution in [0.15, 0.2) is 36.5 Å². The maximum Gasteiger partial charge on any atom is 0.573 e. The maximum atomic E-state index is 12.6. The molecule has 126 valence electrons. The second-order valence-electron chi connectivity index (χ2n) is 5.26. The monoisotopic (exact) mass is 356 g/mol. The van der Waals surface area contributed by atoms with Gasteiger partial charge in [0.15, 0.2) is 0 Å². The summed E-state index contributed by atoms with van der Waals surface area (Å²) in [6, 6.07) is 6.98. The van der Waals surface area contributed by atoms with E-state index in [9.17, 15) is 18.0 Å². The number of carbonyl (C=O) groups excluding carboxylic acids is 1. The van der Waals surface area contributed by atoms with Crippen LogP contribution in [0.2, 0.25) is 5.02 Å². The second-order valence-corrected chi connectivity index (χ2v) is 5.69. The fourth-order valence-electron chi connectivity index (χ4n) is 2.64. The van der Waals surface area contributed by atoms with Crippen LogP contribution < -0.4 is 9.64 Å². The Morgan fingerprint density at radius 2 is 2.04 bits per heavy atom. The van der Waals surface area contributed by atoms with E-state index in [-0.39, 0.29) is 17.4 Å². The van der Waals surface area contributed by atoms with Crippen molar-refractivity contribution in [3.8, 4) is 5.75 Å². The zero-order valence-electron chi connectivity index (χ0n) is 12.3. The molecule has 1 aromatic heterocycles. The Kier molecular flexibility index (Phi) is 4.36. The normalized spacial score (nSPS) is 14.2. The Balaban J connectivity index is 1.90. The molecule has 1 amide bonds. The number of carbonyl (C=O) groups is 1. The molecule has 0 N–H and O–H groups in total. The van der Waals surface area contributed by atoms with Gasteiger partial charge in [0.2, 0.25) is 0 Å². The fraction of sp³-hybridized carbons (Fsp3) is 0.250. The van der Waals surface area contributed by atoms with Gasteiger partial charge in [-0.15, -0.1) is 13.2 Å². The van der Waals surface area contributed by atoms with E-state index in [0.717, 1.165) is 0 Å². The smallest absolute Gasteiger partial charge is 0.406 e. The first-order chi connectivity index (χ1) is 11.3. The highest BCUT2D eigenvalue weighted by Gasteiger charge is 2.32. The lowest BCUT2D eigenvalue weighted by Crippen LogP contribution is -2.36. The van der Waals surface area contributed by atoms with Crippen LogP contribution in [0, 0.1) is 0 Å². The molecule has 0 fully saturated rings. The van der Waals surface area contributed by atoms with Crippen molar-refractivity contribution in [2.75, 3.05) is 11.4 Å². The number of anilines is 1. The molecule has 1 aliphatic heterocycles. The molecule has 0 atom stereocenters. The molecule has 2 heterocycles. The number of aromatic nitrogens is 1. The lowest BCUT2D eigenvalue weighted by molar-refractivity contribution is -0.274. The van der Waals surface area contributed by atoms with Crippen molar-refractivity contribution in [3.63, 3.8) is 0 Å². The molecule has 8 heteroatoms. The van der Waals surface area contributed by atoms with Gasteiger partial charge in [-0.3, -0.25) is 9.78 Å². The molecule has 3 rings (SSSR count). The van der Waals surface area contributed by atoms with Crippen molar-refractivity contribution < 1.29 is 22.7 Å². The van der Waals surface area contributed by atoms with Gasteiger partial charge in [0, 0.05) is 23.5 Å². The third-order valence-corrected chi connectivity index (χ3v) is 3.82. The molecule has 24 heavy (non-hydrogen) atoms. The first kappa shape index (κ1) is 16.6. The van der Waals surface area contributed by atoms with Gasteiger partial charge < -0.3 is 9.64 Å². The maximum absolute atomic E-state index is 12.6. The van der Waals surface area contributed by atoms with E-state index in [2.05, 4.69) is 9.72 Å². The Labute approximate surface area is 140 Å². The number of halogens is 4. The number of rotatable bonds is 2. The molecule has 1 aromatic carbocycles. The van der Waals surface area contributed by atoms with Crippen molar-refractivity contribution >= 4 is 23.2 Å². The summed E-state index contributed by atoms with van der Waals surface area (Å²) in [6.45, 7) is 0.458. The predicted molar refractivity (Wildman–Crippen MR) is 82.4 cm³/mol. The quantitative estimate of drug-likeness (QED) is 0.808. The van der Waals surface area contributed by atoms with Crippen molar-refractivity contribution in [3.05, 3.63) is 52.8 Å². The third kappa shape index (κ3) is 3.62. The molecule has 1 aliphatic rings. The van der Waals surface area contributed by atoms with E-state index in [4.69, 9.17) is 11.6 Å². The van der Waals surface area contributed by atoms with Crippen molar-refractivity contribution in [1.82, 2.24) is 4.98 Å². The highest BCUT2D eigenvalue weighted by atomic mass is 35.5. The van der Waals surface area contributed by atoms with E-state index < -0.39 is 6.36 Å². The van der Waals surface area contributed by atoms with Crippen molar-refractivity contribution in [2.24, 2.45) is 0 Å². The largest absolute Gasteiger partial charge is 0.573 e. The van der Waals surface area contributed by atoms with Crippen molar-refractivity contribution in [2.45, 2.75) is 19.2 Å². The van der Waals surface area contributed by atoms with Crippen LogP contribution in [-0.2, 0) is 6.42 Å². The number of hydrogen-bond acceptors (Lipinski definition) is 3. The summed E-state index contributed by atoms with van der Waals surface area (Å²) in [6.07, 6.45) is -2.12. The number of benzene rings is 1. The Bertz CT molecular complexity index is 780. The lowest BCUT2D eigenvalue weighted by atomic mass is 10.0. The minimum absolute atomic E-state index is 0.186. The predicted octanol–water partition coefficient (Wildman–Crippen LogP) is 4.23. The van der Waals surface area contributed by atoms with Gasteiger partial charge >= 0.3 is 6.36 Å². The van der Waals surface area contributed by atoms with Crippen molar-refractivity contribution in [1.29, 1.82) is 0 Å². The van der Waals surface area contributed by atoms with Crippen LogP contribution in [0.3, 0.4) is 0 Å². The average molecular weight is 357 g/mol.